The number of fused-ring (bicyclic) bond motifs is 3. The van der Waals surface area contributed by atoms with Gasteiger partial charge >= 0.3 is 0 Å². The van der Waals surface area contributed by atoms with Crippen LogP contribution in [-0.4, -0.2) is 29.9 Å². The summed E-state index contributed by atoms with van der Waals surface area (Å²) in [5.74, 6) is -0.182. The van der Waals surface area contributed by atoms with Gasteiger partial charge in [-0.2, -0.15) is 0 Å². The van der Waals surface area contributed by atoms with Crippen LogP contribution in [0.5, 0.6) is 0 Å². The van der Waals surface area contributed by atoms with Gasteiger partial charge in [0, 0.05) is 27.9 Å². The van der Waals surface area contributed by atoms with Crippen LogP contribution in [-0.2, 0) is 9.84 Å². The van der Waals surface area contributed by atoms with Gasteiger partial charge in [-0.3, -0.25) is 9.59 Å². The van der Waals surface area contributed by atoms with Crippen molar-refractivity contribution in [1.82, 2.24) is 9.97 Å². The molecule has 2 aromatic heterocycles. The molecule has 0 amide bonds. The van der Waals surface area contributed by atoms with Gasteiger partial charge in [-0.05, 0) is 19.4 Å². The molecule has 0 radical (unpaired) electrons. The zero-order valence-electron chi connectivity index (χ0n) is 13.0. The predicted octanol–water partition coefficient (Wildman–Crippen LogP) is 1.58. The Kier molecular flexibility index (Phi) is 3.18. The van der Waals surface area contributed by atoms with E-state index in [2.05, 4.69) is 9.97 Å². The van der Waals surface area contributed by atoms with E-state index >= 15 is 0 Å². The second-order valence-corrected chi connectivity index (χ2v) is 8.57. The van der Waals surface area contributed by atoms with Crippen LogP contribution < -0.4 is 11.0 Å². The quantitative estimate of drug-likeness (QED) is 0.655. The largest absolute Gasteiger partial charge is 0.344 e. The Labute approximate surface area is 137 Å². The van der Waals surface area contributed by atoms with Crippen molar-refractivity contribution in [2.75, 3.05) is 11.5 Å². The molecule has 3 heterocycles. The summed E-state index contributed by atoms with van der Waals surface area (Å²) in [7, 11) is -3.09. The van der Waals surface area contributed by atoms with Crippen molar-refractivity contribution in [2.24, 2.45) is 0 Å². The Morgan fingerprint density at radius 3 is 2.46 bits per heavy atom. The molecule has 0 saturated carbocycles. The monoisotopic (exact) mass is 344 g/mol. The number of aryl methyl sites for hydroxylation is 1. The minimum absolute atomic E-state index is 0.00368. The first kappa shape index (κ1) is 15.1. The molecule has 124 valence electrons. The van der Waals surface area contributed by atoms with E-state index in [9.17, 15) is 18.0 Å². The first-order chi connectivity index (χ1) is 11.4. The number of nitrogens with one attached hydrogen (secondary N) is 2. The number of pyridine rings is 2. The van der Waals surface area contributed by atoms with Crippen LogP contribution in [0, 0.1) is 6.92 Å². The smallest absolute Gasteiger partial charge is 0.257 e. The molecule has 0 spiro atoms. The van der Waals surface area contributed by atoms with Crippen LogP contribution in [0.3, 0.4) is 0 Å². The fourth-order valence-electron chi connectivity index (χ4n) is 3.68. The number of H-pyrrole nitrogens is 2. The van der Waals surface area contributed by atoms with Gasteiger partial charge in [0.05, 0.1) is 16.9 Å². The lowest BCUT2D eigenvalue weighted by molar-refractivity contribution is 0.601. The van der Waals surface area contributed by atoms with Crippen LogP contribution in [0.15, 0.2) is 33.9 Å². The zero-order valence-corrected chi connectivity index (χ0v) is 13.9. The molecule has 6 nitrogen and oxygen atoms in total. The number of benzene rings is 1. The van der Waals surface area contributed by atoms with Gasteiger partial charge < -0.3 is 9.97 Å². The number of hydrogen-bond donors (Lipinski definition) is 2. The summed E-state index contributed by atoms with van der Waals surface area (Å²) in [6.45, 7) is 1.74. The average Bonchev–Trinajstić information content (AvgIpc) is 2.87. The van der Waals surface area contributed by atoms with Gasteiger partial charge in [-0.25, -0.2) is 8.42 Å². The summed E-state index contributed by atoms with van der Waals surface area (Å²) < 4.78 is 23.6. The van der Waals surface area contributed by atoms with E-state index in [0.717, 1.165) is 0 Å². The van der Waals surface area contributed by atoms with Gasteiger partial charge in [0.15, 0.2) is 15.3 Å². The molecule has 4 rings (SSSR count). The summed E-state index contributed by atoms with van der Waals surface area (Å²) in [6, 6.07) is 6.94. The van der Waals surface area contributed by atoms with Crippen molar-refractivity contribution >= 4 is 31.6 Å². The molecule has 0 aliphatic carbocycles. The van der Waals surface area contributed by atoms with Gasteiger partial charge in [-0.1, -0.05) is 18.2 Å². The molecule has 24 heavy (non-hydrogen) atoms. The molecular formula is C17H16N2O4S. The maximum Gasteiger partial charge on any atom is 0.257 e. The van der Waals surface area contributed by atoms with Crippen molar-refractivity contribution in [3.05, 3.63) is 56.1 Å². The second-order valence-electron chi connectivity index (χ2n) is 6.34. The van der Waals surface area contributed by atoms with Crippen LogP contribution in [0.1, 0.15) is 23.6 Å². The third-order valence-electron chi connectivity index (χ3n) is 4.76. The van der Waals surface area contributed by atoms with E-state index < -0.39 is 9.84 Å². The van der Waals surface area contributed by atoms with E-state index in [4.69, 9.17) is 0 Å². The SMILES string of the molecule is Cc1[nH]c2[nH]c(=O)c3ccccc3c2c(=O)c1[C@@H]1CCS(=O)(=O)C1. The van der Waals surface area contributed by atoms with Gasteiger partial charge in [0.1, 0.15) is 5.65 Å². The molecule has 3 aromatic rings. The molecule has 1 atom stereocenters. The highest BCUT2D eigenvalue weighted by molar-refractivity contribution is 7.91. The zero-order chi connectivity index (χ0) is 17.1. The van der Waals surface area contributed by atoms with Crippen molar-refractivity contribution in [3.63, 3.8) is 0 Å². The molecule has 0 bridgehead atoms. The topological polar surface area (TPSA) is 99.9 Å². The van der Waals surface area contributed by atoms with Crippen LogP contribution in [0.25, 0.3) is 21.8 Å². The van der Waals surface area contributed by atoms with Crippen molar-refractivity contribution in [1.29, 1.82) is 0 Å². The van der Waals surface area contributed by atoms with Crippen LogP contribution >= 0.6 is 0 Å². The number of hydrogen-bond acceptors (Lipinski definition) is 4. The molecule has 2 N–H and O–H groups in total. The van der Waals surface area contributed by atoms with Gasteiger partial charge in [-0.15, -0.1) is 0 Å². The van der Waals surface area contributed by atoms with E-state index in [0.29, 0.717) is 39.5 Å². The number of aromatic nitrogens is 2. The second kappa shape index (κ2) is 5.04. The predicted molar refractivity (Wildman–Crippen MR) is 93.4 cm³/mol. The highest BCUT2D eigenvalue weighted by Crippen LogP contribution is 2.30. The van der Waals surface area contributed by atoms with Gasteiger partial charge in [0.2, 0.25) is 0 Å². The Balaban J connectivity index is 2.11. The van der Waals surface area contributed by atoms with E-state index in [1.165, 1.54) is 0 Å². The summed E-state index contributed by atoms with van der Waals surface area (Å²) >= 11 is 0. The lowest BCUT2D eigenvalue weighted by Crippen LogP contribution is -2.21. The lowest BCUT2D eigenvalue weighted by Gasteiger charge is -2.13. The fourth-order valence-corrected chi connectivity index (χ4v) is 5.44. The van der Waals surface area contributed by atoms with Crippen LogP contribution in [0.2, 0.25) is 0 Å². The number of rotatable bonds is 1. The highest BCUT2D eigenvalue weighted by atomic mass is 32.2. The van der Waals surface area contributed by atoms with Crippen LogP contribution in [0.4, 0.5) is 0 Å². The van der Waals surface area contributed by atoms with E-state index in [1.54, 1.807) is 31.2 Å². The standard InChI is InChI=1S/C17H16N2O4S/c1-9-13(10-6-7-24(22,23)8-10)15(20)14-11-4-2-3-5-12(11)17(21)19-16(14)18-9/h2-5,10H,6-8H2,1H3,(H2,18,19,20,21)/t10-/m1/s1. The highest BCUT2D eigenvalue weighted by Gasteiger charge is 2.32. The fraction of sp³-hybridized carbons (Fsp3) is 0.294. The minimum atomic E-state index is -3.09. The van der Waals surface area contributed by atoms with Gasteiger partial charge in [0.25, 0.3) is 5.56 Å². The first-order valence-corrected chi connectivity index (χ1v) is 9.57. The Morgan fingerprint density at radius 2 is 1.79 bits per heavy atom. The maximum absolute atomic E-state index is 13.1. The van der Waals surface area contributed by atoms with Crippen molar-refractivity contribution in [2.45, 2.75) is 19.3 Å². The molecule has 0 unspecified atom stereocenters. The summed E-state index contributed by atoms with van der Waals surface area (Å²) in [5.41, 5.74) is 1.05. The average molecular weight is 344 g/mol. The normalized spacial score (nSPS) is 20.0. The van der Waals surface area contributed by atoms with E-state index in [1.807, 2.05) is 0 Å². The Bertz CT molecular complexity index is 1200. The molecule has 1 aliphatic rings. The molecule has 1 saturated heterocycles. The number of sulfone groups is 1. The maximum atomic E-state index is 13.1. The molecule has 1 aliphatic heterocycles. The number of aromatic amines is 2. The molecule has 1 fully saturated rings. The Morgan fingerprint density at radius 1 is 1.08 bits per heavy atom. The molecular weight excluding hydrogens is 328 g/mol. The minimum Gasteiger partial charge on any atom is -0.344 e. The summed E-state index contributed by atoms with van der Waals surface area (Å²) in [6.07, 6.45) is 0.457. The summed E-state index contributed by atoms with van der Waals surface area (Å²) in [4.78, 5) is 31.1. The van der Waals surface area contributed by atoms with Crippen molar-refractivity contribution in [3.8, 4) is 0 Å². The molecule has 7 heteroatoms. The molecule has 1 aromatic carbocycles. The Hall–Kier alpha value is -2.41. The summed E-state index contributed by atoms with van der Waals surface area (Å²) in [5, 5.41) is 1.44. The lowest BCUT2D eigenvalue weighted by atomic mass is 9.94. The van der Waals surface area contributed by atoms with E-state index in [-0.39, 0.29) is 28.4 Å². The first-order valence-electron chi connectivity index (χ1n) is 7.75. The third-order valence-corrected chi connectivity index (χ3v) is 6.53. The van der Waals surface area contributed by atoms with Crippen molar-refractivity contribution < 1.29 is 8.42 Å². The third kappa shape index (κ3) is 2.19.